The summed E-state index contributed by atoms with van der Waals surface area (Å²) in [4.78, 5) is 2.75. The highest BCUT2D eigenvalue weighted by Gasteiger charge is 2.48. The second kappa shape index (κ2) is 12.8. The quantitative estimate of drug-likeness (QED) is 0.153. The van der Waals surface area contributed by atoms with Crippen molar-refractivity contribution >= 4 is 104 Å². The molecule has 15 rings (SSSR count). The number of para-hydroxylation sites is 1. The number of nitrogens with zero attached hydrogens (tertiary/aromatic N) is 2. The molecule has 336 valence electrons. The lowest BCUT2D eigenvalue weighted by Gasteiger charge is -2.43. The third-order valence-corrected chi connectivity index (χ3v) is 18.8. The highest BCUT2D eigenvalue weighted by molar-refractivity contribution is 7.26. The second-order valence-corrected chi connectivity index (χ2v) is 25.1. The van der Waals surface area contributed by atoms with Gasteiger partial charge in [0.25, 0.3) is 0 Å². The molecule has 8 aromatic carbocycles. The van der Waals surface area contributed by atoms with Crippen molar-refractivity contribution in [1.82, 2.24) is 4.57 Å². The number of aromatic nitrogens is 1. The van der Waals surface area contributed by atoms with Crippen LogP contribution in [0.3, 0.4) is 0 Å². The van der Waals surface area contributed by atoms with E-state index in [0.29, 0.717) is 0 Å². The number of furan rings is 1. The summed E-state index contributed by atoms with van der Waals surface area (Å²) >= 11 is 1.91. The van der Waals surface area contributed by atoms with Gasteiger partial charge in [0.2, 0.25) is 0 Å². The minimum absolute atomic E-state index is 0.0298. The topological polar surface area (TPSA) is 21.3 Å². The summed E-state index contributed by atoms with van der Waals surface area (Å²) in [6, 6.07) is 50.0. The van der Waals surface area contributed by atoms with Crippen LogP contribution >= 0.6 is 11.3 Å². The van der Waals surface area contributed by atoms with Gasteiger partial charge >= 0.3 is 6.85 Å². The van der Waals surface area contributed by atoms with E-state index in [9.17, 15) is 0 Å². The molecule has 2 aliphatic carbocycles. The number of rotatable bonds is 1. The van der Waals surface area contributed by atoms with E-state index in [-0.39, 0.29) is 28.5 Å². The number of anilines is 2. The predicted molar refractivity (Wildman–Crippen MR) is 296 cm³/mol. The Bertz CT molecular complexity index is 4170. The third-order valence-electron chi connectivity index (χ3n) is 17.7. The molecule has 0 bridgehead atoms. The van der Waals surface area contributed by atoms with Crippen molar-refractivity contribution in [2.24, 2.45) is 0 Å². The van der Waals surface area contributed by atoms with Gasteiger partial charge in [-0.05, 0) is 152 Å². The standard InChI is InChI=1S/C64H55BN2OS/c1-34-25-44-41-26-39-40-28-48-49(63(7,8)24-23-62(48,5)6)30-46(40)64(9,10)47(39)31-52(41)67(36-21-19-35(20-22-36)61(2,3)4)65-50-29-43-38-16-12-14-18-56(38)69-57(43)33-53(50)66-51-32-55-42(37-15-11-13-17-54(37)68-55)27-45(51)58(34)60(66)59(44)65/h11-22,25-33H,23-24H2,1-10H3. The molecule has 0 N–H and O–H groups in total. The molecule has 0 saturated heterocycles. The van der Waals surface area contributed by atoms with Crippen LogP contribution in [0.1, 0.15) is 109 Å². The first-order valence-corrected chi connectivity index (χ1v) is 26.0. The number of aryl methyl sites for hydroxylation is 1. The van der Waals surface area contributed by atoms with Gasteiger partial charge in [-0.1, -0.05) is 129 Å². The molecule has 4 aliphatic rings. The molecule has 0 atom stereocenters. The lowest BCUT2D eigenvalue weighted by atomic mass is 9.43. The normalized spacial score (nSPS) is 17.0. The molecular formula is C64H55BN2OS. The van der Waals surface area contributed by atoms with Crippen LogP contribution in [0.4, 0.5) is 11.4 Å². The van der Waals surface area contributed by atoms with Crippen LogP contribution in [-0.2, 0) is 21.7 Å². The van der Waals surface area contributed by atoms with Gasteiger partial charge in [-0.3, -0.25) is 0 Å². The van der Waals surface area contributed by atoms with Crippen LogP contribution in [0.15, 0.2) is 132 Å². The molecular weight excluding hydrogens is 856 g/mol. The van der Waals surface area contributed by atoms with Crippen molar-refractivity contribution < 1.29 is 4.42 Å². The van der Waals surface area contributed by atoms with Crippen molar-refractivity contribution in [1.29, 1.82) is 0 Å². The zero-order chi connectivity index (χ0) is 47.0. The Balaban J connectivity index is 1.10. The van der Waals surface area contributed by atoms with Gasteiger partial charge < -0.3 is 13.8 Å². The summed E-state index contributed by atoms with van der Waals surface area (Å²) in [5.74, 6) is 0. The van der Waals surface area contributed by atoms with E-state index in [2.05, 4.69) is 206 Å². The molecule has 69 heavy (non-hydrogen) atoms. The van der Waals surface area contributed by atoms with E-state index in [1.807, 2.05) is 11.3 Å². The largest absolute Gasteiger partial charge is 0.456 e. The number of fused-ring (bicyclic) bond motifs is 18. The Morgan fingerprint density at radius 3 is 2.03 bits per heavy atom. The van der Waals surface area contributed by atoms with Crippen LogP contribution in [0.25, 0.3) is 91.9 Å². The maximum absolute atomic E-state index is 6.69. The van der Waals surface area contributed by atoms with Crippen molar-refractivity contribution in [3.8, 4) is 27.9 Å². The molecule has 0 spiro atoms. The van der Waals surface area contributed by atoms with E-state index >= 15 is 0 Å². The third kappa shape index (κ3) is 5.09. The van der Waals surface area contributed by atoms with Crippen molar-refractivity contribution in [2.75, 3.05) is 4.81 Å². The van der Waals surface area contributed by atoms with E-state index in [1.165, 1.54) is 144 Å². The number of hydrogen-bond acceptors (Lipinski definition) is 3. The minimum atomic E-state index is -0.186. The number of hydrogen-bond donors (Lipinski definition) is 0. The summed E-state index contributed by atoms with van der Waals surface area (Å²) in [5, 5.41) is 7.59. The molecule has 0 radical (unpaired) electrons. The molecule has 0 unspecified atom stereocenters. The fourth-order valence-electron chi connectivity index (χ4n) is 13.8. The molecule has 2 aliphatic heterocycles. The smallest absolute Gasteiger partial charge is 0.333 e. The van der Waals surface area contributed by atoms with E-state index < -0.39 is 0 Å². The fraction of sp³-hybridized carbons (Fsp3) is 0.250. The lowest BCUT2D eigenvalue weighted by Crippen LogP contribution is -2.60. The highest BCUT2D eigenvalue weighted by Crippen LogP contribution is 2.58. The Hall–Kier alpha value is -6.56. The summed E-state index contributed by atoms with van der Waals surface area (Å²) in [5.41, 5.74) is 25.0. The maximum atomic E-state index is 6.69. The monoisotopic (exact) mass is 910 g/mol. The first-order valence-electron chi connectivity index (χ1n) is 25.1. The Morgan fingerprint density at radius 1 is 0.565 bits per heavy atom. The van der Waals surface area contributed by atoms with Gasteiger partial charge in [0, 0.05) is 75.8 Å². The van der Waals surface area contributed by atoms with Crippen molar-refractivity contribution in [2.45, 2.75) is 104 Å². The summed E-state index contributed by atoms with van der Waals surface area (Å²) < 4.78 is 12.0. The first kappa shape index (κ1) is 40.3. The summed E-state index contributed by atoms with van der Waals surface area (Å²) in [6.45, 7) is 24.1. The van der Waals surface area contributed by atoms with Gasteiger partial charge in [0.15, 0.2) is 0 Å². The Kier molecular flexibility index (Phi) is 7.48. The van der Waals surface area contributed by atoms with Gasteiger partial charge in [-0.2, -0.15) is 0 Å². The van der Waals surface area contributed by atoms with Crippen LogP contribution in [-0.4, -0.2) is 11.4 Å². The van der Waals surface area contributed by atoms with Gasteiger partial charge in [0.1, 0.15) is 11.2 Å². The molecule has 3 aromatic heterocycles. The average Bonchev–Trinajstić information content (AvgIpc) is 4.04. The van der Waals surface area contributed by atoms with Gasteiger partial charge in [-0.25, -0.2) is 0 Å². The highest BCUT2D eigenvalue weighted by atomic mass is 32.1. The van der Waals surface area contributed by atoms with E-state index in [1.54, 1.807) is 0 Å². The first-order chi connectivity index (χ1) is 33.0. The molecule has 0 amide bonds. The number of thiophene rings is 1. The lowest BCUT2D eigenvalue weighted by molar-refractivity contribution is 0.331. The molecule has 5 heterocycles. The molecule has 3 nitrogen and oxygen atoms in total. The van der Waals surface area contributed by atoms with E-state index in [4.69, 9.17) is 4.42 Å². The van der Waals surface area contributed by atoms with Crippen molar-refractivity contribution in [3.63, 3.8) is 0 Å². The second-order valence-electron chi connectivity index (χ2n) is 24.0. The molecule has 11 aromatic rings. The van der Waals surface area contributed by atoms with Gasteiger partial charge in [0.05, 0.1) is 11.0 Å². The maximum Gasteiger partial charge on any atom is 0.333 e. The SMILES string of the molecule is Cc1cc2c3c4c1c1cc5c(cc1n4-c1cc4sc6ccccc6c4cc1B3N(c1ccc(C(C)(C)C)cc1)c1cc3c(cc1-2)-c1cc2c(cc1C3(C)C)C(C)(C)CCC2(C)C)oc1ccccc15. The summed E-state index contributed by atoms with van der Waals surface area (Å²) in [6.07, 6.45) is 2.40. The van der Waals surface area contributed by atoms with Gasteiger partial charge in [-0.15, -0.1) is 11.3 Å². The van der Waals surface area contributed by atoms with Crippen molar-refractivity contribution in [3.05, 3.63) is 161 Å². The van der Waals surface area contributed by atoms with Crippen LogP contribution in [0.5, 0.6) is 0 Å². The zero-order valence-electron chi connectivity index (χ0n) is 41.3. The van der Waals surface area contributed by atoms with E-state index in [0.717, 1.165) is 16.6 Å². The predicted octanol–water partition coefficient (Wildman–Crippen LogP) is 16.6. The Labute approximate surface area is 408 Å². The average molecular weight is 911 g/mol. The molecule has 0 saturated carbocycles. The minimum Gasteiger partial charge on any atom is -0.456 e. The zero-order valence-corrected chi connectivity index (χ0v) is 42.1. The van der Waals surface area contributed by atoms with Crippen LogP contribution < -0.4 is 15.7 Å². The van der Waals surface area contributed by atoms with Crippen LogP contribution in [0.2, 0.25) is 0 Å². The van der Waals surface area contributed by atoms with Crippen LogP contribution in [0, 0.1) is 6.92 Å². The fourth-order valence-corrected chi connectivity index (χ4v) is 14.9. The molecule has 5 heteroatoms. The summed E-state index contributed by atoms with van der Waals surface area (Å²) in [7, 11) is 0. The Morgan fingerprint density at radius 2 is 1.26 bits per heavy atom. The molecule has 0 fully saturated rings. The number of benzene rings is 8.